The molecule has 0 amide bonds. The third-order valence-corrected chi connectivity index (χ3v) is 6.40. The van der Waals surface area contributed by atoms with Crippen molar-refractivity contribution in [2.24, 2.45) is 14.1 Å². The standard InChI is InChI=1S/C9H6Cl2N2O.C8H5BrCl2N2/c1-13-9(11)7-6(12-13)3-2-5(4-14)8(7)10;1-13-8(11)6-5(12-13)3-2-4(9)7(6)10/h2-4H,1H3;2-3H,1H3. The number of hydrogen-bond donors (Lipinski definition) is 0. The second-order valence-corrected chi connectivity index (χ2v) is 7.89. The lowest BCUT2D eigenvalue weighted by Gasteiger charge is -1.96. The lowest BCUT2D eigenvalue weighted by molar-refractivity contribution is 0.112. The number of benzene rings is 2. The van der Waals surface area contributed by atoms with Crippen LogP contribution < -0.4 is 0 Å². The molecule has 2 heterocycles. The molecule has 2 aromatic carbocycles. The number of aryl methyl sites for hydroxylation is 2. The Morgan fingerprint density at radius 3 is 1.85 bits per heavy atom. The van der Waals surface area contributed by atoms with Crippen LogP contribution in [0.5, 0.6) is 0 Å². The van der Waals surface area contributed by atoms with Crippen molar-refractivity contribution in [1.82, 2.24) is 19.6 Å². The highest BCUT2D eigenvalue weighted by atomic mass is 79.9. The molecule has 0 saturated carbocycles. The van der Waals surface area contributed by atoms with Crippen molar-refractivity contribution in [3.8, 4) is 0 Å². The van der Waals surface area contributed by atoms with Gasteiger partial charge in [0.25, 0.3) is 0 Å². The van der Waals surface area contributed by atoms with Gasteiger partial charge in [-0.1, -0.05) is 46.4 Å². The molecule has 5 nitrogen and oxygen atoms in total. The van der Waals surface area contributed by atoms with E-state index in [0.29, 0.717) is 43.1 Å². The highest BCUT2D eigenvalue weighted by Gasteiger charge is 2.13. The van der Waals surface area contributed by atoms with Crippen LogP contribution in [0.3, 0.4) is 0 Å². The monoisotopic (exact) mass is 506 g/mol. The lowest BCUT2D eigenvalue weighted by Crippen LogP contribution is -1.87. The predicted molar refractivity (Wildman–Crippen MR) is 115 cm³/mol. The van der Waals surface area contributed by atoms with E-state index in [4.69, 9.17) is 46.4 Å². The van der Waals surface area contributed by atoms with Crippen LogP contribution in [0.4, 0.5) is 0 Å². The van der Waals surface area contributed by atoms with E-state index in [1.165, 1.54) is 4.68 Å². The molecule has 0 aliphatic carbocycles. The smallest absolute Gasteiger partial charge is 0.151 e. The number of aromatic nitrogens is 4. The molecule has 0 spiro atoms. The average Bonchev–Trinajstić information content (AvgIpc) is 3.09. The van der Waals surface area contributed by atoms with Crippen molar-refractivity contribution >= 4 is 90.4 Å². The molecule has 0 radical (unpaired) electrons. The first kappa shape index (κ1) is 20.4. The minimum atomic E-state index is 0.357. The van der Waals surface area contributed by atoms with Crippen molar-refractivity contribution < 1.29 is 4.79 Å². The zero-order valence-corrected chi connectivity index (χ0v) is 18.6. The van der Waals surface area contributed by atoms with Crippen LogP contribution in [0.25, 0.3) is 21.8 Å². The normalized spacial score (nSPS) is 10.9. The maximum Gasteiger partial charge on any atom is 0.151 e. The van der Waals surface area contributed by atoms with Gasteiger partial charge in [0, 0.05) is 24.1 Å². The van der Waals surface area contributed by atoms with Gasteiger partial charge in [-0.2, -0.15) is 10.2 Å². The van der Waals surface area contributed by atoms with Crippen LogP contribution in [0, 0.1) is 0 Å². The van der Waals surface area contributed by atoms with E-state index in [-0.39, 0.29) is 0 Å². The highest BCUT2D eigenvalue weighted by Crippen LogP contribution is 2.35. The molecule has 0 atom stereocenters. The molecule has 10 heteroatoms. The summed E-state index contributed by atoms with van der Waals surface area (Å²) in [5.41, 5.74) is 1.92. The summed E-state index contributed by atoms with van der Waals surface area (Å²) >= 11 is 27.4. The number of halogens is 5. The fourth-order valence-electron chi connectivity index (χ4n) is 2.51. The van der Waals surface area contributed by atoms with Crippen molar-refractivity contribution in [3.63, 3.8) is 0 Å². The molecule has 0 bridgehead atoms. The molecule has 0 saturated heterocycles. The second kappa shape index (κ2) is 7.97. The number of nitrogens with zero attached hydrogens (tertiary/aromatic N) is 4. The van der Waals surface area contributed by atoms with Crippen molar-refractivity contribution in [2.75, 3.05) is 0 Å². The molecule has 4 rings (SSSR count). The second-order valence-electron chi connectivity index (χ2n) is 5.57. The molecule has 0 fully saturated rings. The van der Waals surface area contributed by atoms with Gasteiger partial charge in [0.15, 0.2) is 6.29 Å². The fourth-order valence-corrected chi connectivity index (χ4v) is 3.94. The minimum absolute atomic E-state index is 0.357. The molecular formula is C17H11BrCl4N4O. The number of carbonyl (C=O) groups is 1. The summed E-state index contributed by atoms with van der Waals surface area (Å²) in [5.74, 6) is 0. The highest BCUT2D eigenvalue weighted by molar-refractivity contribution is 9.10. The number of rotatable bonds is 1. The number of hydrogen-bond acceptors (Lipinski definition) is 3. The van der Waals surface area contributed by atoms with Crippen LogP contribution in [0.1, 0.15) is 10.4 Å². The van der Waals surface area contributed by atoms with Crippen molar-refractivity contribution in [1.29, 1.82) is 0 Å². The molecule has 4 aromatic rings. The van der Waals surface area contributed by atoms with Gasteiger partial charge >= 0.3 is 0 Å². The third-order valence-electron chi connectivity index (χ3n) is 3.85. The van der Waals surface area contributed by atoms with Gasteiger partial charge in [-0.15, -0.1) is 0 Å². The summed E-state index contributed by atoms with van der Waals surface area (Å²) in [6.45, 7) is 0. The maximum atomic E-state index is 10.6. The molecule has 0 aliphatic rings. The van der Waals surface area contributed by atoms with E-state index in [1.807, 2.05) is 12.1 Å². The summed E-state index contributed by atoms with van der Waals surface area (Å²) in [7, 11) is 3.51. The minimum Gasteiger partial charge on any atom is -0.298 e. The van der Waals surface area contributed by atoms with Crippen molar-refractivity contribution in [2.45, 2.75) is 0 Å². The van der Waals surface area contributed by atoms with Crippen molar-refractivity contribution in [3.05, 3.63) is 54.7 Å². The van der Waals surface area contributed by atoms with E-state index in [9.17, 15) is 4.79 Å². The Hall–Kier alpha value is -1.31. The largest absolute Gasteiger partial charge is 0.298 e. The van der Waals surface area contributed by atoms with E-state index >= 15 is 0 Å². The zero-order valence-electron chi connectivity index (χ0n) is 14.0. The Morgan fingerprint density at radius 2 is 1.33 bits per heavy atom. The molecular weight excluding hydrogens is 498 g/mol. The lowest BCUT2D eigenvalue weighted by atomic mass is 10.2. The molecule has 0 unspecified atom stereocenters. The summed E-state index contributed by atoms with van der Waals surface area (Å²) in [6.07, 6.45) is 0.700. The summed E-state index contributed by atoms with van der Waals surface area (Å²) in [6, 6.07) is 7.07. The van der Waals surface area contributed by atoms with Gasteiger partial charge < -0.3 is 0 Å². The van der Waals surface area contributed by atoms with Crippen LogP contribution in [0.15, 0.2) is 28.7 Å². The van der Waals surface area contributed by atoms with Crippen LogP contribution in [-0.2, 0) is 14.1 Å². The molecule has 0 aliphatic heterocycles. The third kappa shape index (κ3) is 3.69. The Bertz CT molecular complexity index is 1190. The van der Waals surface area contributed by atoms with E-state index < -0.39 is 0 Å². The number of aldehydes is 1. The molecule has 27 heavy (non-hydrogen) atoms. The molecule has 0 N–H and O–H groups in total. The van der Waals surface area contributed by atoms with Gasteiger partial charge in [0.1, 0.15) is 10.3 Å². The van der Waals surface area contributed by atoms with Gasteiger partial charge in [0.2, 0.25) is 0 Å². The van der Waals surface area contributed by atoms with Crippen LogP contribution in [-0.4, -0.2) is 25.8 Å². The summed E-state index contributed by atoms with van der Waals surface area (Å²) in [5, 5.41) is 11.7. The van der Waals surface area contributed by atoms with E-state index in [2.05, 4.69) is 26.1 Å². The van der Waals surface area contributed by atoms with Gasteiger partial charge in [-0.3, -0.25) is 14.2 Å². The van der Waals surface area contributed by atoms with Gasteiger partial charge in [-0.25, -0.2) is 0 Å². The summed E-state index contributed by atoms with van der Waals surface area (Å²) < 4.78 is 3.95. The SMILES string of the molecule is Cn1nc2ccc(Br)c(Cl)c2c1Cl.Cn1nc2ccc(C=O)c(Cl)c2c1Cl. The first-order chi connectivity index (χ1) is 12.8. The Balaban J connectivity index is 0.000000156. The van der Waals surface area contributed by atoms with E-state index in [0.717, 1.165) is 15.4 Å². The van der Waals surface area contributed by atoms with Gasteiger partial charge in [0.05, 0.1) is 31.9 Å². The number of fused-ring (bicyclic) bond motifs is 2. The first-order valence-electron chi connectivity index (χ1n) is 7.48. The fraction of sp³-hybridized carbons (Fsp3) is 0.118. The Morgan fingerprint density at radius 1 is 0.852 bits per heavy atom. The zero-order chi connectivity index (χ0) is 19.9. The topological polar surface area (TPSA) is 52.7 Å². The first-order valence-corrected chi connectivity index (χ1v) is 9.78. The van der Waals surface area contributed by atoms with Crippen LogP contribution in [0.2, 0.25) is 20.4 Å². The summed E-state index contributed by atoms with van der Waals surface area (Å²) in [4.78, 5) is 10.6. The van der Waals surface area contributed by atoms with Gasteiger partial charge in [-0.05, 0) is 40.2 Å². The maximum absolute atomic E-state index is 10.6. The quantitative estimate of drug-likeness (QED) is 0.282. The number of carbonyl (C=O) groups excluding carboxylic acids is 1. The predicted octanol–water partition coefficient (Wildman–Crippen LogP) is 6.34. The van der Waals surface area contributed by atoms with Crippen LogP contribution >= 0.6 is 62.3 Å². The average molecular weight is 509 g/mol. The van der Waals surface area contributed by atoms with E-state index in [1.54, 1.807) is 30.9 Å². The molecule has 140 valence electrons. The molecule has 2 aromatic heterocycles. The Kier molecular flexibility index (Phi) is 6.03. The Labute approximate surface area is 182 Å².